The van der Waals surface area contributed by atoms with Crippen molar-refractivity contribution in [1.29, 1.82) is 0 Å². The molecule has 0 atom stereocenters. The normalized spacial score (nSPS) is 11.3. The molecule has 0 bridgehead atoms. The Hall–Kier alpha value is -1.98. The third-order valence-corrected chi connectivity index (χ3v) is 2.34. The Balaban J connectivity index is 2.52. The fourth-order valence-corrected chi connectivity index (χ4v) is 1.61. The van der Waals surface area contributed by atoms with E-state index >= 15 is 0 Å². The molecule has 0 saturated heterocycles. The van der Waals surface area contributed by atoms with Crippen molar-refractivity contribution in [3.63, 3.8) is 0 Å². The molecule has 0 saturated carbocycles. The predicted octanol–water partition coefficient (Wildman–Crippen LogP) is 1.33. The van der Waals surface area contributed by atoms with E-state index in [2.05, 4.69) is 28.9 Å². The molecular formula is C11H14N4O2. The number of carboxylic acids is 1. The van der Waals surface area contributed by atoms with Crippen LogP contribution < -0.4 is 0 Å². The van der Waals surface area contributed by atoms with Gasteiger partial charge in [0.1, 0.15) is 0 Å². The van der Waals surface area contributed by atoms with Crippen LogP contribution in [0.5, 0.6) is 0 Å². The summed E-state index contributed by atoms with van der Waals surface area (Å²) in [5.74, 6) is 0.437. The Morgan fingerprint density at radius 3 is 2.76 bits per heavy atom. The van der Waals surface area contributed by atoms with Crippen LogP contribution in [0, 0.1) is 12.8 Å². The summed E-state index contributed by atoms with van der Waals surface area (Å²) in [7, 11) is 0. The van der Waals surface area contributed by atoms with E-state index in [0.29, 0.717) is 17.5 Å². The SMILES string of the molecule is Cc1cc(C(=O)O)nc2nc(CC(C)C)nn12. The van der Waals surface area contributed by atoms with Crippen molar-refractivity contribution in [2.45, 2.75) is 27.2 Å². The molecule has 0 aromatic carbocycles. The molecule has 0 radical (unpaired) electrons. The summed E-state index contributed by atoms with van der Waals surface area (Å²) in [6.07, 6.45) is 0.755. The minimum absolute atomic E-state index is 0.00139. The van der Waals surface area contributed by atoms with E-state index in [1.165, 1.54) is 6.07 Å². The minimum Gasteiger partial charge on any atom is -0.477 e. The Kier molecular flexibility index (Phi) is 2.79. The number of fused-ring (bicyclic) bond motifs is 1. The molecule has 17 heavy (non-hydrogen) atoms. The first kappa shape index (κ1) is 11.5. The van der Waals surface area contributed by atoms with Gasteiger partial charge >= 0.3 is 5.97 Å². The lowest BCUT2D eigenvalue weighted by atomic mass is 10.1. The first-order valence-electron chi connectivity index (χ1n) is 5.44. The van der Waals surface area contributed by atoms with Crippen LogP contribution in [-0.4, -0.2) is 30.7 Å². The Morgan fingerprint density at radius 1 is 1.47 bits per heavy atom. The summed E-state index contributed by atoms with van der Waals surface area (Å²) in [5.41, 5.74) is 0.716. The molecule has 6 nitrogen and oxygen atoms in total. The van der Waals surface area contributed by atoms with E-state index < -0.39 is 5.97 Å². The number of carboxylic acid groups (broad SMARTS) is 1. The van der Waals surface area contributed by atoms with Crippen LogP contribution in [0.25, 0.3) is 5.78 Å². The van der Waals surface area contributed by atoms with Crippen LogP contribution >= 0.6 is 0 Å². The van der Waals surface area contributed by atoms with Gasteiger partial charge in [-0.25, -0.2) is 14.3 Å². The molecule has 1 N–H and O–H groups in total. The molecule has 2 aromatic rings. The lowest BCUT2D eigenvalue weighted by Gasteiger charge is -1.98. The highest BCUT2D eigenvalue weighted by atomic mass is 16.4. The molecule has 2 rings (SSSR count). The summed E-state index contributed by atoms with van der Waals surface area (Å²) >= 11 is 0. The summed E-state index contributed by atoms with van der Waals surface area (Å²) in [6.45, 7) is 5.94. The van der Waals surface area contributed by atoms with Gasteiger partial charge in [-0.3, -0.25) is 0 Å². The fraction of sp³-hybridized carbons (Fsp3) is 0.455. The van der Waals surface area contributed by atoms with Crippen molar-refractivity contribution in [2.75, 3.05) is 0 Å². The molecule has 0 unspecified atom stereocenters. The number of carbonyl (C=O) groups is 1. The number of aryl methyl sites for hydroxylation is 1. The average molecular weight is 234 g/mol. The van der Waals surface area contributed by atoms with Crippen molar-refractivity contribution < 1.29 is 9.90 Å². The standard InChI is InChI=1S/C11H14N4O2/c1-6(2)4-9-13-11-12-8(10(16)17)5-7(3)15(11)14-9/h5-6H,4H2,1-3H3,(H,16,17). The van der Waals surface area contributed by atoms with Gasteiger partial charge in [0.25, 0.3) is 5.78 Å². The second-order valence-electron chi connectivity index (χ2n) is 4.43. The van der Waals surface area contributed by atoms with Gasteiger partial charge in [-0.15, -0.1) is 5.10 Å². The highest BCUT2D eigenvalue weighted by molar-refractivity contribution is 5.85. The van der Waals surface area contributed by atoms with Gasteiger partial charge in [-0.2, -0.15) is 4.98 Å². The molecule has 6 heteroatoms. The Labute approximate surface area is 98.3 Å². The monoisotopic (exact) mass is 234 g/mol. The van der Waals surface area contributed by atoms with Crippen molar-refractivity contribution in [1.82, 2.24) is 19.6 Å². The van der Waals surface area contributed by atoms with E-state index in [4.69, 9.17) is 5.11 Å². The number of nitrogens with zero attached hydrogens (tertiary/aromatic N) is 4. The minimum atomic E-state index is -1.05. The largest absolute Gasteiger partial charge is 0.477 e. The van der Waals surface area contributed by atoms with Crippen molar-refractivity contribution in [2.24, 2.45) is 5.92 Å². The molecule has 0 aliphatic heterocycles. The van der Waals surface area contributed by atoms with Crippen LogP contribution in [0.4, 0.5) is 0 Å². The van der Waals surface area contributed by atoms with Crippen molar-refractivity contribution in [3.8, 4) is 0 Å². The van der Waals surface area contributed by atoms with E-state index in [1.54, 1.807) is 11.4 Å². The summed E-state index contributed by atoms with van der Waals surface area (Å²) in [5, 5.41) is 13.2. The highest BCUT2D eigenvalue weighted by Gasteiger charge is 2.12. The maximum Gasteiger partial charge on any atom is 0.354 e. The smallest absolute Gasteiger partial charge is 0.354 e. The maximum absolute atomic E-state index is 10.9. The van der Waals surface area contributed by atoms with Gasteiger partial charge in [-0.1, -0.05) is 13.8 Å². The molecule has 2 heterocycles. The average Bonchev–Trinajstić information content (AvgIpc) is 2.59. The topological polar surface area (TPSA) is 80.4 Å². The Morgan fingerprint density at radius 2 is 2.18 bits per heavy atom. The second kappa shape index (κ2) is 4.12. The van der Waals surface area contributed by atoms with Crippen molar-refractivity contribution >= 4 is 11.7 Å². The molecule has 2 aromatic heterocycles. The predicted molar refractivity (Wildman–Crippen MR) is 61.0 cm³/mol. The van der Waals surface area contributed by atoms with Crippen LogP contribution in [0.3, 0.4) is 0 Å². The van der Waals surface area contributed by atoms with Crippen LogP contribution in [0.2, 0.25) is 0 Å². The van der Waals surface area contributed by atoms with Crippen molar-refractivity contribution in [3.05, 3.63) is 23.3 Å². The molecule has 0 fully saturated rings. The summed E-state index contributed by atoms with van der Waals surface area (Å²) in [6, 6.07) is 1.49. The van der Waals surface area contributed by atoms with E-state index in [0.717, 1.165) is 12.1 Å². The molecule has 0 amide bonds. The zero-order valence-corrected chi connectivity index (χ0v) is 10.0. The quantitative estimate of drug-likeness (QED) is 0.866. The van der Waals surface area contributed by atoms with Gasteiger partial charge in [0, 0.05) is 12.1 Å². The first-order valence-corrected chi connectivity index (χ1v) is 5.44. The van der Waals surface area contributed by atoms with Crippen LogP contribution in [0.15, 0.2) is 6.07 Å². The van der Waals surface area contributed by atoms with E-state index in [-0.39, 0.29) is 5.69 Å². The van der Waals surface area contributed by atoms with E-state index in [9.17, 15) is 4.79 Å². The molecule has 0 aliphatic carbocycles. The number of hydrogen-bond donors (Lipinski definition) is 1. The number of aromatic carboxylic acids is 1. The molecule has 0 spiro atoms. The van der Waals surface area contributed by atoms with Gasteiger partial charge in [-0.05, 0) is 18.9 Å². The van der Waals surface area contributed by atoms with Gasteiger partial charge in [0.15, 0.2) is 11.5 Å². The summed E-state index contributed by atoms with van der Waals surface area (Å²) < 4.78 is 1.57. The lowest BCUT2D eigenvalue weighted by Crippen LogP contribution is -2.05. The van der Waals surface area contributed by atoms with Gasteiger partial charge < -0.3 is 5.11 Å². The number of rotatable bonds is 3. The zero-order valence-electron chi connectivity index (χ0n) is 10.0. The number of hydrogen-bond acceptors (Lipinski definition) is 4. The lowest BCUT2D eigenvalue weighted by molar-refractivity contribution is 0.0690. The molecular weight excluding hydrogens is 220 g/mol. The zero-order chi connectivity index (χ0) is 12.6. The number of aromatic nitrogens is 4. The van der Waals surface area contributed by atoms with Gasteiger partial charge in [0.05, 0.1) is 0 Å². The van der Waals surface area contributed by atoms with Crippen LogP contribution in [0.1, 0.15) is 35.9 Å². The molecule has 90 valence electrons. The van der Waals surface area contributed by atoms with E-state index in [1.807, 2.05) is 0 Å². The highest BCUT2D eigenvalue weighted by Crippen LogP contribution is 2.09. The van der Waals surface area contributed by atoms with Crippen LogP contribution in [-0.2, 0) is 6.42 Å². The maximum atomic E-state index is 10.9. The van der Waals surface area contributed by atoms with Gasteiger partial charge in [0.2, 0.25) is 0 Å². The third-order valence-electron chi connectivity index (χ3n) is 2.34. The fourth-order valence-electron chi connectivity index (χ4n) is 1.61. The Bertz CT molecular complexity index is 574. The second-order valence-corrected chi connectivity index (χ2v) is 4.43. The first-order chi connectivity index (χ1) is 7.97. The summed E-state index contributed by atoms with van der Waals surface area (Å²) in [4.78, 5) is 19.0. The third kappa shape index (κ3) is 2.25. The molecule has 0 aliphatic rings.